The van der Waals surface area contributed by atoms with Gasteiger partial charge in [-0.3, -0.25) is 37.3 Å². The summed E-state index contributed by atoms with van der Waals surface area (Å²) in [5.41, 5.74) is 0. The predicted octanol–water partition coefficient (Wildman–Crippen LogP) is 24.8. The molecule has 0 radical (unpaired) electrons. The van der Waals surface area contributed by atoms with E-state index in [0.29, 0.717) is 31.6 Å². The molecular weight excluding hydrogens is 1330 g/mol. The van der Waals surface area contributed by atoms with E-state index in [2.05, 4.69) is 55.4 Å². The minimum Gasteiger partial charge on any atom is -0.462 e. The summed E-state index contributed by atoms with van der Waals surface area (Å²) in [4.78, 5) is 73.0. The van der Waals surface area contributed by atoms with Crippen molar-refractivity contribution < 1.29 is 80.2 Å². The first-order valence-corrected chi connectivity index (χ1v) is 45.7. The van der Waals surface area contributed by atoms with Gasteiger partial charge >= 0.3 is 39.5 Å². The number of hydrogen-bond acceptors (Lipinski definition) is 15. The molecule has 19 heteroatoms. The van der Waals surface area contributed by atoms with Gasteiger partial charge in [-0.1, -0.05) is 376 Å². The normalized spacial score (nSPS) is 14.3. The molecule has 0 aliphatic heterocycles. The van der Waals surface area contributed by atoms with E-state index in [-0.39, 0.29) is 25.7 Å². The van der Waals surface area contributed by atoms with Crippen molar-refractivity contribution in [3.8, 4) is 0 Å². The van der Waals surface area contributed by atoms with Crippen LogP contribution in [0.3, 0.4) is 0 Å². The summed E-state index contributed by atoms with van der Waals surface area (Å²) in [5.74, 6) is 1.00. The molecule has 0 saturated carbocycles. The highest BCUT2D eigenvalue weighted by molar-refractivity contribution is 7.47. The average molecular weight is 1490 g/mol. The van der Waals surface area contributed by atoms with Crippen LogP contribution in [-0.2, 0) is 65.4 Å². The van der Waals surface area contributed by atoms with Gasteiger partial charge in [-0.15, -0.1) is 0 Å². The number of phosphoric acid groups is 2. The molecule has 0 aromatic heterocycles. The standard InChI is InChI=1S/C83H162O17P2/c1-9-76(8)62-54-46-37-31-25-18-14-12-10-11-13-15-19-27-33-39-49-57-65-82(87)99-78(69-93-80(85)63-55-47-38-32-26-20-16-17-23-29-35-43-51-59-73(2)3)71-97-101(89,90)95-67-77(84)68-96-102(91,92)98-72-79(70-94-81(86)64-56-48-42-41-45-53-61-75(6)7)100-83(88)66-58-50-40-34-28-22-21-24-30-36-44-52-60-74(4)5/h73-79,84H,9-72H2,1-8H3,(H,89,90)(H,91,92)/t76?,77-,78-,79-/m1/s1. The fraction of sp³-hybridized carbons (Fsp3) is 0.952. The summed E-state index contributed by atoms with van der Waals surface area (Å²) in [5, 5.41) is 10.6. The van der Waals surface area contributed by atoms with Crippen LogP contribution in [0, 0.1) is 23.7 Å². The molecule has 3 unspecified atom stereocenters. The lowest BCUT2D eigenvalue weighted by atomic mass is 9.99. The van der Waals surface area contributed by atoms with Crippen LogP contribution in [0.2, 0.25) is 0 Å². The van der Waals surface area contributed by atoms with Crippen LogP contribution < -0.4 is 0 Å². The molecule has 606 valence electrons. The van der Waals surface area contributed by atoms with Gasteiger partial charge in [0, 0.05) is 25.7 Å². The van der Waals surface area contributed by atoms with Gasteiger partial charge in [-0.25, -0.2) is 9.13 Å². The molecule has 0 aromatic rings. The second-order valence-corrected chi connectivity index (χ2v) is 34.4. The highest BCUT2D eigenvalue weighted by atomic mass is 31.2. The average Bonchev–Trinajstić information content (AvgIpc) is 0.939. The number of ether oxygens (including phenoxy) is 4. The Morgan fingerprint density at radius 3 is 0.696 bits per heavy atom. The fourth-order valence-corrected chi connectivity index (χ4v) is 14.3. The third-order valence-electron chi connectivity index (χ3n) is 19.7. The number of aliphatic hydroxyl groups excluding tert-OH is 1. The van der Waals surface area contributed by atoms with Crippen molar-refractivity contribution in [1.29, 1.82) is 0 Å². The molecule has 0 rings (SSSR count). The van der Waals surface area contributed by atoms with E-state index in [1.165, 1.54) is 225 Å². The topological polar surface area (TPSA) is 237 Å². The summed E-state index contributed by atoms with van der Waals surface area (Å²) in [6.07, 6.45) is 59.8. The number of hydrogen-bond donors (Lipinski definition) is 3. The van der Waals surface area contributed by atoms with Crippen LogP contribution in [0.4, 0.5) is 0 Å². The van der Waals surface area contributed by atoms with Crippen molar-refractivity contribution in [1.82, 2.24) is 0 Å². The summed E-state index contributed by atoms with van der Waals surface area (Å²) >= 11 is 0. The van der Waals surface area contributed by atoms with Crippen LogP contribution in [-0.4, -0.2) is 96.7 Å². The van der Waals surface area contributed by atoms with Crippen LogP contribution in [0.5, 0.6) is 0 Å². The molecule has 0 saturated heterocycles. The quantitative estimate of drug-likeness (QED) is 0.0222. The molecular formula is C83H162O17P2. The van der Waals surface area contributed by atoms with E-state index in [1.807, 2.05) is 0 Å². The number of rotatable bonds is 80. The first kappa shape index (κ1) is 100. The summed E-state index contributed by atoms with van der Waals surface area (Å²) < 4.78 is 68.7. The summed E-state index contributed by atoms with van der Waals surface area (Å²) in [6.45, 7) is 14.3. The van der Waals surface area contributed by atoms with Crippen LogP contribution in [0.15, 0.2) is 0 Å². The van der Waals surface area contributed by atoms with Gasteiger partial charge in [-0.05, 0) is 49.4 Å². The molecule has 17 nitrogen and oxygen atoms in total. The van der Waals surface area contributed by atoms with E-state index in [1.54, 1.807) is 0 Å². The van der Waals surface area contributed by atoms with Gasteiger partial charge in [0.05, 0.1) is 26.4 Å². The number of carbonyl (C=O) groups excluding carboxylic acids is 4. The van der Waals surface area contributed by atoms with Crippen molar-refractivity contribution >= 4 is 39.5 Å². The maximum atomic E-state index is 13.1. The molecule has 0 spiro atoms. The third kappa shape index (κ3) is 74.9. The van der Waals surface area contributed by atoms with E-state index in [0.717, 1.165) is 114 Å². The molecule has 0 heterocycles. The molecule has 0 fully saturated rings. The molecule has 0 aromatic carbocycles. The minimum absolute atomic E-state index is 0.106. The van der Waals surface area contributed by atoms with Crippen molar-refractivity contribution in [2.75, 3.05) is 39.6 Å². The smallest absolute Gasteiger partial charge is 0.462 e. The highest BCUT2D eigenvalue weighted by Crippen LogP contribution is 2.45. The van der Waals surface area contributed by atoms with Crippen molar-refractivity contribution in [2.45, 2.75) is 446 Å². The summed E-state index contributed by atoms with van der Waals surface area (Å²) in [7, 11) is -9.92. The lowest BCUT2D eigenvalue weighted by Gasteiger charge is -2.21. The maximum Gasteiger partial charge on any atom is 0.472 e. The Kier molecular flexibility index (Phi) is 70.6. The van der Waals surface area contributed by atoms with Gasteiger partial charge in [0.15, 0.2) is 12.2 Å². The fourth-order valence-electron chi connectivity index (χ4n) is 12.8. The monoisotopic (exact) mass is 1490 g/mol. The Morgan fingerprint density at radius 2 is 0.471 bits per heavy atom. The first-order chi connectivity index (χ1) is 49.1. The minimum atomic E-state index is -4.96. The van der Waals surface area contributed by atoms with Gasteiger partial charge in [0.2, 0.25) is 0 Å². The SMILES string of the molecule is CCC(C)CCCCCCCCCCCCCCCCCCCCC(=O)O[C@H](COC(=O)CCCCCCCCCCCCCCCC(C)C)COP(=O)(O)OC[C@@H](O)COP(=O)(O)OC[C@@H](COC(=O)CCCCCCCCC(C)C)OC(=O)CCCCCCCCCCCCCCC(C)C. The van der Waals surface area contributed by atoms with Crippen molar-refractivity contribution in [2.24, 2.45) is 23.7 Å². The van der Waals surface area contributed by atoms with Crippen LogP contribution >= 0.6 is 15.6 Å². The largest absolute Gasteiger partial charge is 0.472 e. The Bertz CT molecular complexity index is 1990. The molecule has 0 amide bonds. The van der Waals surface area contributed by atoms with E-state index >= 15 is 0 Å². The van der Waals surface area contributed by atoms with E-state index in [9.17, 15) is 43.2 Å². The van der Waals surface area contributed by atoms with Gasteiger partial charge in [-0.2, -0.15) is 0 Å². The molecule has 6 atom stereocenters. The lowest BCUT2D eigenvalue weighted by Crippen LogP contribution is -2.30. The lowest BCUT2D eigenvalue weighted by molar-refractivity contribution is -0.161. The summed E-state index contributed by atoms with van der Waals surface area (Å²) in [6, 6.07) is 0. The zero-order valence-electron chi connectivity index (χ0n) is 67.2. The third-order valence-corrected chi connectivity index (χ3v) is 21.6. The second kappa shape index (κ2) is 72.0. The van der Waals surface area contributed by atoms with Crippen LogP contribution in [0.25, 0.3) is 0 Å². The highest BCUT2D eigenvalue weighted by Gasteiger charge is 2.30. The maximum absolute atomic E-state index is 13.1. The number of carbonyl (C=O) groups is 4. The Morgan fingerprint density at radius 1 is 0.275 bits per heavy atom. The number of aliphatic hydroxyl groups is 1. The molecule has 3 N–H and O–H groups in total. The van der Waals surface area contributed by atoms with E-state index in [4.69, 9.17) is 37.0 Å². The molecule has 102 heavy (non-hydrogen) atoms. The van der Waals surface area contributed by atoms with E-state index < -0.39 is 97.5 Å². The number of phosphoric ester groups is 2. The predicted molar refractivity (Wildman–Crippen MR) is 418 cm³/mol. The number of esters is 4. The van der Waals surface area contributed by atoms with Gasteiger partial charge in [0.1, 0.15) is 19.3 Å². The second-order valence-electron chi connectivity index (χ2n) is 31.5. The van der Waals surface area contributed by atoms with Crippen molar-refractivity contribution in [3.05, 3.63) is 0 Å². The van der Waals surface area contributed by atoms with Gasteiger partial charge in [0.25, 0.3) is 0 Å². The molecule has 0 aliphatic carbocycles. The Balaban J connectivity index is 5.21. The zero-order valence-corrected chi connectivity index (χ0v) is 69.0. The first-order valence-electron chi connectivity index (χ1n) is 42.7. The Hall–Kier alpha value is -1.94. The van der Waals surface area contributed by atoms with Crippen LogP contribution in [0.1, 0.15) is 428 Å². The molecule has 0 bridgehead atoms. The van der Waals surface area contributed by atoms with Gasteiger partial charge < -0.3 is 33.8 Å². The Labute approximate surface area is 626 Å². The van der Waals surface area contributed by atoms with Crippen molar-refractivity contribution in [3.63, 3.8) is 0 Å². The number of unbranched alkanes of at least 4 members (excludes halogenated alkanes) is 45. The molecule has 0 aliphatic rings. The zero-order chi connectivity index (χ0) is 75.3.